The Labute approximate surface area is 123 Å². The first-order valence-electron chi connectivity index (χ1n) is 6.32. The van der Waals surface area contributed by atoms with Gasteiger partial charge in [-0.25, -0.2) is 8.42 Å². The van der Waals surface area contributed by atoms with Crippen LogP contribution in [0.15, 0.2) is 24.3 Å². The van der Waals surface area contributed by atoms with E-state index >= 15 is 0 Å². The Bertz CT molecular complexity index is 630. The molecule has 0 saturated heterocycles. The van der Waals surface area contributed by atoms with Gasteiger partial charge < -0.3 is 5.11 Å². The Balaban J connectivity index is 3.03. The predicted octanol–water partition coefficient (Wildman–Crippen LogP) is 1.84. The minimum absolute atomic E-state index is 0.132. The zero-order valence-corrected chi connectivity index (χ0v) is 12.4. The number of unbranched alkanes of at least 4 members (excludes halogenated alkanes) is 1. The van der Waals surface area contributed by atoms with Crippen molar-refractivity contribution in [3.63, 3.8) is 0 Å². The van der Waals surface area contributed by atoms with Crippen LogP contribution in [0.2, 0.25) is 0 Å². The molecule has 0 aliphatic carbocycles. The van der Waals surface area contributed by atoms with Crippen molar-refractivity contribution in [2.75, 3.05) is 6.26 Å². The van der Waals surface area contributed by atoms with Crippen molar-refractivity contribution >= 4 is 15.5 Å². The summed E-state index contributed by atoms with van der Waals surface area (Å²) in [6.45, 7) is 0. The Morgan fingerprint density at radius 1 is 1.38 bits per heavy atom. The smallest absolute Gasteiger partial charge is 0.269 e. The van der Waals surface area contributed by atoms with Gasteiger partial charge in [0, 0.05) is 24.8 Å². The average molecular weight is 311 g/mol. The molecular formula is C14H17NO5S. The summed E-state index contributed by atoms with van der Waals surface area (Å²) >= 11 is 0. The second-order valence-electron chi connectivity index (χ2n) is 4.76. The van der Waals surface area contributed by atoms with Crippen molar-refractivity contribution in [2.45, 2.75) is 30.6 Å². The lowest BCUT2D eigenvalue weighted by molar-refractivity contribution is -0.384. The van der Waals surface area contributed by atoms with Gasteiger partial charge in [-0.2, -0.15) is 0 Å². The summed E-state index contributed by atoms with van der Waals surface area (Å²) in [5.41, 5.74) is 0.198. The Hall–Kier alpha value is -1.91. The zero-order valence-electron chi connectivity index (χ0n) is 11.6. The number of nitro groups is 1. The molecule has 21 heavy (non-hydrogen) atoms. The van der Waals surface area contributed by atoms with Crippen LogP contribution < -0.4 is 0 Å². The number of hydrogen-bond acceptors (Lipinski definition) is 5. The second kappa shape index (κ2) is 7.20. The summed E-state index contributed by atoms with van der Waals surface area (Å²) in [5.74, 6) is 2.42. The molecule has 0 saturated carbocycles. The topological polar surface area (TPSA) is 97.5 Å². The van der Waals surface area contributed by atoms with Gasteiger partial charge in [-0.05, 0) is 18.4 Å². The number of benzene rings is 1. The van der Waals surface area contributed by atoms with Gasteiger partial charge in [0.1, 0.15) is 5.25 Å². The van der Waals surface area contributed by atoms with Crippen LogP contribution in [0.25, 0.3) is 0 Å². The van der Waals surface area contributed by atoms with Crippen molar-refractivity contribution in [3.05, 3.63) is 39.9 Å². The first-order valence-corrected chi connectivity index (χ1v) is 8.27. The monoisotopic (exact) mass is 311 g/mol. The highest BCUT2D eigenvalue weighted by Gasteiger charge is 2.30. The van der Waals surface area contributed by atoms with E-state index < -0.39 is 26.1 Å². The number of aliphatic hydroxyl groups excluding tert-OH is 1. The van der Waals surface area contributed by atoms with Crippen LogP contribution in [0.3, 0.4) is 0 Å². The predicted molar refractivity (Wildman–Crippen MR) is 79.4 cm³/mol. The SMILES string of the molecule is C#CCCCC(O)C(c1ccc([N+](=O)[O-])cc1)S(C)(=O)=O. The summed E-state index contributed by atoms with van der Waals surface area (Å²) in [7, 11) is -3.56. The number of sulfone groups is 1. The number of non-ortho nitro benzene ring substituents is 1. The highest BCUT2D eigenvalue weighted by molar-refractivity contribution is 7.91. The standard InChI is InChI=1S/C14H17NO5S/c1-3-4-5-6-13(16)14(21(2,19)20)11-7-9-12(10-8-11)15(17)18/h1,7-10,13-14,16H,4-6H2,2H3. The molecule has 1 rings (SSSR count). The van der Waals surface area contributed by atoms with Crippen LogP contribution in [-0.2, 0) is 9.84 Å². The molecule has 0 radical (unpaired) electrons. The van der Waals surface area contributed by atoms with Gasteiger partial charge in [0.25, 0.3) is 5.69 Å². The fourth-order valence-electron chi connectivity index (χ4n) is 2.11. The fraction of sp³-hybridized carbons (Fsp3) is 0.429. The van der Waals surface area contributed by atoms with E-state index in [1.54, 1.807) is 0 Å². The van der Waals surface area contributed by atoms with Crippen molar-refractivity contribution < 1.29 is 18.4 Å². The lowest BCUT2D eigenvalue weighted by Gasteiger charge is -2.21. The van der Waals surface area contributed by atoms with Crippen LogP contribution in [-0.4, -0.2) is 30.8 Å². The number of terminal acetylenes is 1. The largest absolute Gasteiger partial charge is 0.391 e. The third-order valence-corrected chi connectivity index (χ3v) is 4.57. The van der Waals surface area contributed by atoms with Gasteiger partial charge in [-0.3, -0.25) is 10.1 Å². The highest BCUT2D eigenvalue weighted by atomic mass is 32.2. The van der Waals surface area contributed by atoms with Crippen molar-refractivity contribution in [1.82, 2.24) is 0 Å². The van der Waals surface area contributed by atoms with Gasteiger partial charge in [0.2, 0.25) is 0 Å². The quantitative estimate of drug-likeness (QED) is 0.358. The second-order valence-corrected chi connectivity index (χ2v) is 6.93. The van der Waals surface area contributed by atoms with E-state index in [1.165, 1.54) is 24.3 Å². The van der Waals surface area contributed by atoms with Gasteiger partial charge in [0.15, 0.2) is 9.84 Å². The van der Waals surface area contributed by atoms with E-state index in [4.69, 9.17) is 6.42 Å². The van der Waals surface area contributed by atoms with E-state index in [1.807, 2.05) is 0 Å². The van der Waals surface area contributed by atoms with Crippen LogP contribution in [0.1, 0.15) is 30.1 Å². The molecule has 0 heterocycles. The van der Waals surface area contributed by atoms with Crippen LogP contribution in [0, 0.1) is 22.5 Å². The molecule has 0 amide bonds. The molecule has 0 aliphatic heterocycles. The summed E-state index contributed by atoms with van der Waals surface area (Å²) in [6, 6.07) is 5.16. The number of aliphatic hydroxyl groups is 1. The molecule has 0 aliphatic rings. The minimum Gasteiger partial charge on any atom is -0.391 e. The molecule has 114 valence electrons. The molecule has 0 fully saturated rings. The van der Waals surface area contributed by atoms with Crippen LogP contribution >= 0.6 is 0 Å². The lowest BCUT2D eigenvalue weighted by atomic mass is 10.0. The molecule has 0 aromatic heterocycles. The van der Waals surface area contributed by atoms with E-state index in [0.29, 0.717) is 18.4 Å². The Morgan fingerprint density at radius 3 is 2.38 bits per heavy atom. The molecule has 0 spiro atoms. The third kappa shape index (κ3) is 4.85. The molecule has 6 nitrogen and oxygen atoms in total. The Morgan fingerprint density at radius 2 is 1.95 bits per heavy atom. The molecule has 1 N–H and O–H groups in total. The summed E-state index contributed by atoms with van der Waals surface area (Å²) in [4.78, 5) is 10.0. The van der Waals surface area contributed by atoms with E-state index in [2.05, 4.69) is 5.92 Å². The molecule has 2 unspecified atom stereocenters. The van der Waals surface area contributed by atoms with Crippen molar-refractivity contribution in [2.24, 2.45) is 0 Å². The maximum atomic E-state index is 11.9. The summed E-state index contributed by atoms with van der Waals surface area (Å²) < 4.78 is 23.8. The maximum Gasteiger partial charge on any atom is 0.269 e. The molecule has 7 heteroatoms. The molecule has 2 atom stereocenters. The fourth-order valence-corrected chi connectivity index (χ4v) is 3.46. The third-order valence-electron chi connectivity index (χ3n) is 3.06. The maximum absolute atomic E-state index is 11.9. The number of rotatable bonds is 7. The molecular weight excluding hydrogens is 294 g/mol. The van der Waals surface area contributed by atoms with E-state index in [-0.39, 0.29) is 12.1 Å². The zero-order chi connectivity index (χ0) is 16.0. The number of hydrogen-bond donors (Lipinski definition) is 1. The molecule has 1 aromatic carbocycles. The lowest BCUT2D eigenvalue weighted by Crippen LogP contribution is -2.25. The van der Waals surface area contributed by atoms with Crippen molar-refractivity contribution in [3.8, 4) is 12.3 Å². The van der Waals surface area contributed by atoms with E-state index in [0.717, 1.165) is 6.26 Å². The summed E-state index contributed by atoms with van der Waals surface area (Å²) in [5, 5.41) is 19.6. The minimum atomic E-state index is -3.56. The summed E-state index contributed by atoms with van der Waals surface area (Å²) in [6.07, 6.45) is 6.26. The first-order chi connectivity index (χ1) is 9.77. The van der Waals surface area contributed by atoms with Gasteiger partial charge in [0.05, 0.1) is 11.0 Å². The van der Waals surface area contributed by atoms with E-state index in [9.17, 15) is 23.6 Å². The Kier molecular flexibility index (Phi) is 5.88. The number of nitro benzene ring substituents is 1. The first kappa shape index (κ1) is 17.1. The number of nitrogens with zero attached hydrogens (tertiary/aromatic N) is 1. The highest BCUT2D eigenvalue weighted by Crippen LogP contribution is 2.29. The average Bonchev–Trinajstić information content (AvgIpc) is 2.38. The molecule has 0 bridgehead atoms. The van der Waals surface area contributed by atoms with Gasteiger partial charge >= 0.3 is 0 Å². The van der Waals surface area contributed by atoms with Gasteiger partial charge in [-0.1, -0.05) is 12.1 Å². The normalized spacial score (nSPS) is 14.1. The molecule has 1 aromatic rings. The van der Waals surface area contributed by atoms with Crippen molar-refractivity contribution in [1.29, 1.82) is 0 Å². The van der Waals surface area contributed by atoms with Gasteiger partial charge in [-0.15, -0.1) is 12.3 Å². The van der Waals surface area contributed by atoms with Crippen LogP contribution in [0.5, 0.6) is 0 Å². The van der Waals surface area contributed by atoms with Crippen LogP contribution in [0.4, 0.5) is 5.69 Å².